The third-order valence-corrected chi connectivity index (χ3v) is 4.36. The number of amidine groups is 1. The van der Waals surface area contributed by atoms with Gasteiger partial charge in [0.05, 0.1) is 37.8 Å². The van der Waals surface area contributed by atoms with E-state index in [0.29, 0.717) is 41.4 Å². The molecule has 0 aliphatic rings. The summed E-state index contributed by atoms with van der Waals surface area (Å²) in [6, 6.07) is 12.3. The predicted octanol–water partition coefficient (Wildman–Crippen LogP) is 2.76. The van der Waals surface area contributed by atoms with Crippen LogP contribution in [0.1, 0.15) is 22.8 Å². The van der Waals surface area contributed by atoms with Gasteiger partial charge in [-0.05, 0) is 49.2 Å². The van der Waals surface area contributed by atoms with Crippen LogP contribution in [0.5, 0.6) is 11.5 Å². The van der Waals surface area contributed by atoms with E-state index < -0.39 is 11.8 Å². The van der Waals surface area contributed by atoms with Crippen molar-refractivity contribution in [3.8, 4) is 17.6 Å². The summed E-state index contributed by atoms with van der Waals surface area (Å²) in [6.45, 7) is 2.52. The van der Waals surface area contributed by atoms with Crippen LogP contribution in [0.2, 0.25) is 0 Å². The Morgan fingerprint density at radius 2 is 1.91 bits per heavy atom. The van der Waals surface area contributed by atoms with E-state index in [1.807, 2.05) is 18.2 Å². The molecule has 0 amide bonds. The van der Waals surface area contributed by atoms with Crippen LogP contribution in [0.25, 0.3) is 0 Å². The monoisotopic (exact) mass is 438 g/mol. The zero-order valence-corrected chi connectivity index (χ0v) is 18.2. The third kappa shape index (κ3) is 6.37. The summed E-state index contributed by atoms with van der Waals surface area (Å²) >= 11 is 0. The number of hydrogen-bond donors (Lipinski definition) is 4. The fraction of sp³-hybridized carbons (Fsp3) is 0.273. The fourth-order valence-electron chi connectivity index (χ4n) is 2.77. The van der Waals surface area contributed by atoms with Gasteiger partial charge in [-0.15, -0.1) is 0 Å². The minimum Gasteiger partial charge on any atom is -0.493 e. The molecule has 0 heterocycles. The van der Waals surface area contributed by atoms with E-state index in [1.165, 1.54) is 0 Å². The summed E-state index contributed by atoms with van der Waals surface area (Å²) in [5.74, 6) is 0.351. The van der Waals surface area contributed by atoms with Crippen molar-refractivity contribution in [3.05, 3.63) is 47.5 Å². The Morgan fingerprint density at radius 1 is 1.16 bits per heavy atom. The number of nitrogens with zero attached hydrogens (tertiary/aromatic N) is 2. The van der Waals surface area contributed by atoms with Crippen LogP contribution in [-0.2, 0) is 11.2 Å². The first-order chi connectivity index (χ1) is 15.4. The molecule has 0 fully saturated rings. The zero-order valence-electron chi connectivity index (χ0n) is 18.2. The van der Waals surface area contributed by atoms with E-state index in [2.05, 4.69) is 15.8 Å². The smallest absolute Gasteiger partial charge is 0.338 e. The topological polar surface area (TPSA) is 155 Å². The first-order valence-corrected chi connectivity index (χ1v) is 9.77. The van der Waals surface area contributed by atoms with E-state index in [4.69, 9.17) is 30.6 Å². The minimum absolute atomic E-state index is 0.244. The second-order valence-corrected chi connectivity index (χ2v) is 6.44. The molecule has 0 unspecified atom stereocenters. The average Bonchev–Trinajstić information content (AvgIpc) is 2.79. The lowest BCUT2D eigenvalue weighted by Crippen LogP contribution is -2.22. The number of nitrogens with two attached hydrogens (primary N) is 1. The van der Waals surface area contributed by atoms with Gasteiger partial charge in [-0.1, -0.05) is 6.07 Å². The Labute approximate surface area is 186 Å². The van der Waals surface area contributed by atoms with Gasteiger partial charge in [-0.25, -0.2) is 4.79 Å². The van der Waals surface area contributed by atoms with E-state index in [-0.39, 0.29) is 12.3 Å². The Balaban J connectivity index is 2.21. The van der Waals surface area contributed by atoms with Crippen LogP contribution in [0.3, 0.4) is 0 Å². The number of rotatable bonds is 11. The van der Waals surface area contributed by atoms with Crippen LogP contribution in [-0.4, -0.2) is 44.9 Å². The minimum atomic E-state index is -0.483. The first-order valence-electron chi connectivity index (χ1n) is 9.77. The van der Waals surface area contributed by atoms with Crippen molar-refractivity contribution >= 4 is 28.9 Å². The number of hydrogen-bond acceptors (Lipinski definition) is 9. The molecule has 0 saturated carbocycles. The van der Waals surface area contributed by atoms with Crippen molar-refractivity contribution in [2.24, 2.45) is 10.8 Å². The summed E-state index contributed by atoms with van der Waals surface area (Å²) in [6.07, 6.45) is 0.680. The number of anilines is 2. The molecule has 0 saturated heterocycles. The molecule has 0 atom stereocenters. The van der Waals surface area contributed by atoms with Crippen molar-refractivity contribution in [2.45, 2.75) is 13.3 Å². The molecule has 0 bridgehead atoms. The van der Waals surface area contributed by atoms with Crippen molar-refractivity contribution < 1.29 is 19.0 Å². The molecule has 0 radical (unpaired) electrons. The lowest BCUT2D eigenvalue weighted by molar-refractivity contribution is 0.0526. The normalized spacial score (nSPS) is 10.6. The van der Waals surface area contributed by atoms with Crippen molar-refractivity contribution in [1.82, 2.24) is 0 Å². The SMILES string of the molecule is CCOC(=O)c1ccc(NCCc2ccc(OC)c(OC)c2)c(N/N=C(\C#N)C(=N)N)c1. The lowest BCUT2D eigenvalue weighted by Gasteiger charge is -2.14. The van der Waals surface area contributed by atoms with Crippen molar-refractivity contribution in [3.63, 3.8) is 0 Å². The summed E-state index contributed by atoms with van der Waals surface area (Å²) in [5.41, 5.74) is 10.2. The Kier molecular flexibility index (Phi) is 8.86. The van der Waals surface area contributed by atoms with Crippen LogP contribution < -0.4 is 25.9 Å². The number of methoxy groups -OCH3 is 2. The van der Waals surface area contributed by atoms with Crippen LogP contribution in [0.4, 0.5) is 11.4 Å². The molecule has 2 aromatic rings. The second kappa shape index (κ2) is 11.8. The third-order valence-electron chi connectivity index (χ3n) is 4.36. The maximum Gasteiger partial charge on any atom is 0.338 e. The average molecular weight is 438 g/mol. The van der Waals surface area contributed by atoms with Gasteiger partial charge >= 0.3 is 5.97 Å². The zero-order chi connectivity index (χ0) is 23.5. The molecule has 168 valence electrons. The van der Waals surface area contributed by atoms with E-state index >= 15 is 0 Å². The summed E-state index contributed by atoms with van der Waals surface area (Å²) in [4.78, 5) is 12.1. The number of carbonyl (C=O) groups is 1. The molecular formula is C22H26N6O4. The van der Waals surface area contributed by atoms with Crippen LogP contribution in [0.15, 0.2) is 41.5 Å². The number of esters is 1. The molecule has 10 nitrogen and oxygen atoms in total. The predicted molar refractivity (Wildman–Crippen MR) is 123 cm³/mol. The number of benzene rings is 2. The maximum atomic E-state index is 12.1. The van der Waals surface area contributed by atoms with Gasteiger partial charge in [0.2, 0.25) is 5.71 Å². The second-order valence-electron chi connectivity index (χ2n) is 6.44. The number of nitriles is 1. The van der Waals surface area contributed by atoms with E-state index in [9.17, 15) is 4.79 Å². The Hall–Kier alpha value is -4.26. The molecule has 0 aliphatic heterocycles. The van der Waals surface area contributed by atoms with Crippen molar-refractivity contribution in [1.29, 1.82) is 10.7 Å². The highest BCUT2D eigenvalue weighted by Crippen LogP contribution is 2.28. The lowest BCUT2D eigenvalue weighted by atomic mass is 10.1. The van der Waals surface area contributed by atoms with E-state index in [0.717, 1.165) is 5.56 Å². The summed E-state index contributed by atoms with van der Waals surface area (Å²) < 4.78 is 15.6. The molecule has 0 spiro atoms. The Morgan fingerprint density at radius 3 is 2.53 bits per heavy atom. The highest BCUT2D eigenvalue weighted by atomic mass is 16.5. The molecule has 10 heteroatoms. The van der Waals surface area contributed by atoms with E-state index in [1.54, 1.807) is 45.4 Å². The number of nitrogens with one attached hydrogen (secondary N) is 3. The van der Waals surface area contributed by atoms with Gasteiger partial charge in [0.15, 0.2) is 17.3 Å². The maximum absolute atomic E-state index is 12.1. The van der Waals surface area contributed by atoms with Gasteiger partial charge in [-0.3, -0.25) is 10.8 Å². The van der Waals surface area contributed by atoms with Gasteiger partial charge in [0.1, 0.15) is 6.07 Å². The summed E-state index contributed by atoms with van der Waals surface area (Å²) in [7, 11) is 3.17. The highest BCUT2D eigenvalue weighted by molar-refractivity contribution is 6.45. The number of hydrazone groups is 1. The van der Waals surface area contributed by atoms with Gasteiger partial charge in [0, 0.05) is 6.54 Å². The Bertz CT molecular complexity index is 1050. The van der Waals surface area contributed by atoms with Gasteiger partial charge in [0.25, 0.3) is 0 Å². The first kappa shape index (κ1) is 24.0. The highest BCUT2D eigenvalue weighted by Gasteiger charge is 2.12. The largest absolute Gasteiger partial charge is 0.493 e. The molecular weight excluding hydrogens is 412 g/mol. The number of ether oxygens (including phenoxy) is 3. The number of carbonyl (C=O) groups excluding carboxylic acids is 1. The van der Waals surface area contributed by atoms with Crippen LogP contribution >= 0.6 is 0 Å². The molecule has 0 aliphatic carbocycles. The van der Waals surface area contributed by atoms with Gasteiger partial charge < -0.3 is 25.3 Å². The molecule has 32 heavy (non-hydrogen) atoms. The molecule has 2 aromatic carbocycles. The standard InChI is InChI=1S/C22H26N6O4/c1-4-32-22(29)15-6-7-16(17(12-15)27-28-18(13-23)21(24)25)26-10-9-14-5-8-19(30-2)20(11-14)31-3/h5-8,11-12,26-27H,4,9-10H2,1-3H3,(H3,24,25)/b28-18+. The fourth-order valence-corrected chi connectivity index (χ4v) is 2.77. The van der Waals surface area contributed by atoms with Crippen LogP contribution in [0, 0.1) is 16.7 Å². The quantitative estimate of drug-likeness (QED) is 0.181. The molecule has 2 rings (SSSR count). The molecule has 5 N–H and O–H groups in total. The molecule has 0 aromatic heterocycles. The van der Waals surface area contributed by atoms with Gasteiger partial charge in [-0.2, -0.15) is 10.4 Å². The summed E-state index contributed by atoms with van der Waals surface area (Å²) in [5, 5.41) is 23.6. The van der Waals surface area contributed by atoms with Crippen molar-refractivity contribution in [2.75, 3.05) is 38.1 Å².